The molecule has 1 aromatic heterocycles. The van der Waals surface area contributed by atoms with Crippen LogP contribution < -0.4 is 10.1 Å². The molecule has 0 saturated heterocycles. The molecule has 0 unspecified atom stereocenters. The maximum absolute atomic E-state index is 5.75. The molecule has 3 nitrogen and oxygen atoms in total. The topological polar surface area (TPSA) is 34.1 Å². The Labute approximate surface area is 126 Å². The number of rotatable bonds is 8. The molecule has 0 saturated carbocycles. The van der Waals surface area contributed by atoms with Crippen LogP contribution in [0.1, 0.15) is 18.4 Å². The number of unbranched alkanes of at least 4 members (excludes halogenated alkanes) is 1. The summed E-state index contributed by atoms with van der Waals surface area (Å²) in [5.74, 6) is 1.61. The van der Waals surface area contributed by atoms with Crippen LogP contribution in [0.3, 0.4) is 0 Å². The van der Waals surface area contributed by atoms with Gasteiger partial charge in [0, 0.05) is 23.8 Å². The first kappa shape index (κ1) is 15.1. The van der Waals surface area contributed by atoms with Crippen molar-refractivity contribution in [2.45, 2.75) is 19.8 Å². The zero-order valence-corrected chi connectivity index (χ0v) is 12.8. The second kappa shape index (κ2) is 8.12. The predicted octanol–water partition coefficient (Wildman–Crippen LogP) is 3.22. The van der Waals surface area contributed by atoms with E-state index in [0.717, 1.165) is 43.1 Å². The van der Waals surface area contributed by atoms with Gasteiger partial charge in [0.05, 0.1) is 12.1 Å². The molecule has 0 amide bonds. The molecule has 1 heterocycles. The van der Waals surface area contributed by atoms with Gasteiger partial charge < -0.3 is 10.1 Å². The van der Waals surface area contributed by atoms with Gasteiger partial charge in [-0.15, -0.1) is 0 Å². The highest BCUT2D eigenvalue weighted by atomic mass is 32.1. The van der Waals surface area contributed by atoms with Gasteiger partial charge >= 0.3 is 0 Å². The van der Waals surface area contributed by atoms with Crippen molar-refractivity contribution in [1.82, 2.24) is 10.3 Å². The lowest BCUT2D eigenvalue weighted by atomic mass is 10.1. The summed E-state index contributed by atoms with van der Waals surface area (Å²) in [6.45, 7) is 4.80. The van der Waals surface area contributed by atoms with E-state index in [1.807, 2.05) is 24.3 Å². The van der Waals surface area contributed by atoms with Gasteiger partial charge in [-0.2, -0.15) is 12.6 Å². The molecule has 20 heavy (non-hydrogen) atoms. The van der Waals surface area contributed by atoms with Crippen LogP contribution in [0.5, 0.6) is 5.88 Å². The molecule has 2 aromatic rings. The van der Waals surface area contributed by atoms with Crippen molar-refractivity contribution >= 4 is 23.5 Å². The van der Waals surface area contributed by atoms with Crippen LogP contribution in [0.15, 0.2) is 30.3 Å². The lowest BCUT2D eigenvalue weighted by molar-refractivity contribution is 0.295. The summed E-state index contributed by atoms with van der Waals surface area (Å²) in [5.41, 5.74) is 2.21. The summed E-state index contributed by atoms with van der Waals surface area (Å²) in [4.78, 5) is 4.54. The van der Waals surface area contributed by atoms with Crippen molar-refractivity contribution in [3.05, 3.63) is 35.9 Å². The largest absolute Gasteiger partial charge is 0.478 e. The van der Waals surface area contributed by atoms with Crippen molar-refractivity contribution in [2.24, 2.45) is 0 Å². The molecule has 0 aliphatic rings. The van der Waals surface area contributed by atoms with Crippen LogP contribution in [0, 0.1) is 6.92 Å². The van der Waals surface area contributed by atoms with Gasteiger partial charge in [-0.25, -0.2) is 4.98 Å². The number of thiol groups is 1. The number of pyridine rings is 1. The minimum Gasteiger partial charge on any atom is -0.478 e. The first-order valence-electron chi connectivity index (χ1n) is 7.12. The summed E-state index contributed by atoms with van der Waals surface area (Å²) < 4.78 is 5.75. The Morgan fingerprint density at radius 2 is 2.05 bits per heavy atom. The molecular weight excluding hydrogens is 268 g/mol. The third kappa shape index (κ3) is 4.39. The van der Waals surface area contributed by atoms with Crippen molar-refractivity contribution in [3.63, 3.8) is 0 Å². The lowest BCUT2D eigenvalue weighted by Gasteiger charge is -2.08. The highest BCUT2D eigenvalue weighted by molar-refractivity contribution is 7.80. The Kier molecular flexibility index (Phi) is 6.15. The number of para-hydroxylation sites is 1. The number of nitrogens with one attached hydrogen (secondary N) is 1. The lowest BCUT2D eigenvalue weighted by Crippen LogP contribution is -2.18. The van der Waals surface area contributed by atoms with Crippen LogP contribution in [-0.2, 0) is 0 Å². The quantitative estimate of drug-likeness (QED) is 0.578. The van der Waals surface area contributed by atoms with E-state index in [0.29, 0.717) is 6.61 Å². The van der Waals surface area contributed by atoms with Gasteiger partial charge in [0.2, 0.25) is 5.88 Å². The summed E-state index contributed by atoms with van der Waals surface area (Å²) in [7, 11) is 0. The number of nitrogens with zero attached hydrogens (tertiary/aromatic N) is 1. The molecule has 4 heteroatoms. The number of hydrogen-bond acceptors (Lipinski definition) is 4. The van der Waals surface area contributed by atoms with Crippen LogP contribution in [-0.4, -0.2) is 30.4 Å². The van der Waals surface area contributed by atoms with Crippen LogP contribution >= 0.6 is 12.6 Å². The van der Waals surface area contributed by atoms with Gasteiger partial charge in [0.1, 0.15) is 0 Å². The van der Waals surface area contributed by atoms with Gasteiger partial charge in [-0.3, -0.25) is 0 Å². The van der Waals surface area contributed by atoms with Gasteiger partial charge in [0.25, 0.3) is 0 Å². The first-order chi connectivity index (χ1) is 9.81. The molecule has 1 aromatic carbocycles. The fraction of sp³-hybridized carbons (Fsp3) is 0.438. The predicted molar refractivity (Wildman–Crippen MR) is 87.9 cm³/mol. The van der Waals surface area contributed by atoms with Crippen LogP contribution in [0.25, 0.3) is 10.9 Å². The minimum atomic E-state index is 0.716. The Hall–Kier alpha value is -1.26. The molecule has 108 valence electrons. The minimum absolute atomic E-state index is 0.716. The number of fused-ring (bicyclic) bond motifs is 1. The summed E-state index contributed by atoms with van der Waals surface area (Å²) in [6.07, 6.45) is 2.15. The standard InChI is InChI=1S/C16H22N2OS/c1-13-12-16(18-15-7-3-2-6-14(13)15)19-10-5-4-8-17-9-11-20/h2-3,6-7,12,17,20H,4-5,8-11H2,1H3. The normalized spacial score (nSPS) is 10.9. The fourth-order valence-electron chi connectivity index (χ4n) is 2.13. The maximum Gasteiger partial charge on any atom is 0.214 e. The van der Waals surface area contributed by atoms with Crippen molar-refractivity contribution in [1.29, 1.82) is 0 Å². The third-order valence-electron chi connectivity index (χ3n) is 3.19. The van der Waals surface area contributed by atoms with Crippen molar-refractivity contribution in [3.8, 4) is 5.88 Å². The van der Waals surface area contributed by atoms with Gasteiger partial charge in [-0.1, -0.05) is 18.2 Å². The number of hydrogen-bond donors (Lipinski definition) is 2. The Balaban J connectivity index is 1.81. The maximum atomic E-state index is 5.75. The van der Waals surface area contributed by atoms with Gasteiger partial charge in [0.15, 0.2) is 0 Å². The number of ether oxygens (including phenoxy) is 1. The van der Waals surface area contributed by atoms with E-state index in [4.69, 9.17) is 4.74 Å². The second-order valence-electron chi connectivity index (χ2n) is 4.82. The smallest absolute Gasteiger partial charge is 0.214 e. The Morgan fingerprint density at radius 1 is 1.20 bits per heavy atom. The SMILES string of the molecule is Cc1cc(OCCCCNCCS)nc2ccccc12. The molecule has 0 atom stereocenters. The molecule has 0 radical (unpaired) electrons. The van der Waals surface area contributed by atoms with E-state index < -0.39 is 0 Å². The van der Waals surface area contributed by atoms with Crippen LogP contribution in [0.4, 0.5) is 0 Å². The number of benzene rings is 1. The Morgan fingerprint density at radius 3 is 2.90 bits per heavy atom. The molecule has 0 bridgehead atoms. The molecule has 1 N–H and O–H groups in total. The van der Waals surface area contributed by atoms with Crippen molar-refractivity contribution in [2.75, 3.05) is 25.4 Å². The summed E-state index contributed by atoms with van der Waals surface area (Å²) in [5, 5.41) is 4.51. The van der Waals surface area contributed by atoms with Gasteiger partial charge in [-0.05, 0) is 37.9 Å². The molecule has 2 rings (SSSR count). The van der Waals surface area contributed by atoms with E-state index in [1.165, 1.54) is 10.9 Å². The second-order valence-corrected chi connectivity index (χ2v) is 5.27. The highest BCUT2D eigenvalue weighted by Gasteiger charge is 2.02. The monoisotopic (exact) mass is 290 g/mol. The van der Waals surface area contributed by atoms with E-state index >= 15 is 0 Å². The molecule has 0 aliphatic carbocycles. The van der Waals surface area contributed by atoms with Crippen molar-refractivity contribution < 1.29 is 4.74 Å². The fourth-order valence-corrected chi connectivity index (χ4v) is 2.28. The Bertz CT molecular complexity index is 545. The average Bonchev–Trinajstić information content (AvgIpc) is 2.46. The number of aromatic nitrogens is 1. The highest BCUT2D eigenvalue weighted by Crippen LogP contribution is 2.21. The third-order valence-corrected chi connectivity index (χ3v) is 3.41. The zero-order chi connectivity index (χ0) is 14.2. The summed E-state index contributed by atoms with van der Waals surface area (Å²) >= 11 is 4.16. The first-order valence-corrected chi connectivity index (χ1v) is 7.75. The molecule has 0 spiro atoms. The molecule has 0 fully saturated rings. The van der Waals surface area contributed by atoms with E-state index in [9.17, 15) is 0 Å². The average molecular weight is 290 g/mol. The van der Waals surface area contributed by atoms with Crippen LogP contribution in [0.2, 0.25) is 0 Å². The number of aryl methyl sites for hydroxylation is 1. The summed E-state index contributed by atoms with van der Waals surface area (Å²) in [6, 6.07) is 10.2. The molecular formula is C16H22N2OS. The van der Waals surface area contributed by atoms with E-state index in [-0.39, 0.29) is 0 Å². The molecule has 0 aliphatic heterocycles. The zero-order valence-electron chi connectivity index (χ0n) is 11.9. The van der Waals surface area contributed by atoms with E-state index in [2.05, 4.69) is 35.9 Å². The van der Waals surface area contributed by atoms with E-state index in [1.54, 1.807) is 0 Å².